The summed E-state index contributed by atoms with van der Waals surface area (Å²) in [5, 5.41) is 13.7. The lowest BCUT2D eigenvalue weighted by molar-refractivity contribution is -0.120. The number of hydroxylamine groups is 1. The molecule has 1 unspecified atom stereocenters. The summed E-state index contributed by atoms with van der Waals surface area (Å²) >= 11 is 0.952. The van der Waals surface area contributed by atoms with Gasteiger partial charge in [-0.2, -0.15) is 0 Å². The number of hydrogen-bond donors (Lipinski definition) is 2. The Balaban J connectivity index is 1.72. The Kier molecular flexibility index (Phi) is 10.9. The maximum Gasteiger partial charge on any atom is 0.414 e. The van der Waals surface area contributed by atoms with Gasteiger partial charge in [-0.15, -0.1) is 5.06 Å². The van der Waals surface area contributed by atoms with Gasteiger partial charge in [-0.25, -0.2) is 4.79 Å². The summed E-state index contributed by atoms with van der Waals surface area (Å²) in [6.45, 7) is 18.7. The second kappa shape index (κ2) is 14.3. The van der Waals surface area contributed by atoms with Crippen molar-refractivity contribution in [2.24, 2.45) is 0 Å². The fraction of sp³-hybridized carbons (Fsp3) is 0.421. The Hall–Kier alpha value is -4.71. The average molecular weight is 706 g/mol. The molecule has 4 rings (SSSR count). The molecule has 1 aliphatic rings. The van der Waals surface area contributed by atoms with Gasteiger partial charge in [0.1, 0.15) is 28.5 Å². The molecular weight excluding hydrogens is 658 g/mol. The number of carbonyl (C=O) groups excluding carboxylic acids is 4. The Bertz CT molecular complexity index is 1750. The Morgan fingerprint density at radius 1 is 0.820 bits per heavy atom. The molecule has 0 bridgehead atoms. The van der Waals surface area contributed by atoms with Crippen molar-refractivity contribution in [3.8, 4) is 23.0 Å². The number of phenols is 1. The number of nitrogens with zero attached hydrogens (tertiary/aromatic N) is 2. The van der Waals surface area contributed by atoms with Crippen molar-refractivity contribution >= 4 is 46.3 Å². The Morgan fingerprint density at radius 2 is 1.38 bits per heavy atom. The molecular formula is C38H47N3O8S. The molecule has 3 aromatic rings. The van der Waals surface area contributed by atoms with Crippen LogP contribution in [0, 0.1) is 0 Å². The fourth-order valence-electron chi connectivity index (χ4n) is 5.20. The molecule has 0 aromatic heterocycles. The highest BCUT2D eigenvalue weighted by molar-refractivity contribution is 8.15. The van der Waals surface area contributed by atoms with Crippen LogP contribution in [0.1, 0.15) is 85.9 Å². The van der Waals surface area contributed by atoms with Crippen LogP contribution in [0.15, 0.2) is 54.6 Å². The van der Waals surface area contributed by atoms with Gasteiger partial charge >= 0.3 is 6.09 Å². The number of ether oxygens (including phenoxy) is 2. The van der Waals surface area contributed by atoms with E-state index in [2.05, 4.69) is 5.32 Å². The first kappa shape index (κ1) is 38.1. The normalized spacial score (nSPS) is 15.0. The van der Waals surface area contributed by atoms with E-state index in [-0.39, 0.29) is 39.1 Å². The predicted octanol–water partition coefficient (Wildman–Crippen LogP) is 8.39. The molecule has 1 aliphatic heterocycles. The van der Waals surface area contributed by atoms with Gasteiger partial charge in [0.15, 0.2) is 5.75 Å². The fourth-order valence-corrected chi connectivity index (χ4v) is 6.06. The molecule has 2 N–H and O–H groups in total. The summed E-state index contributed by atoms with van der Waals surface area (Å²) in [6, 6.07) is 15.3. The standard InChI is InChI=1S/C38H47N3O8S/c1-22(42)41(49-24-14-12-23(13-15-24)18-31-33(44)39-34(45)50-31)29-17-16-25(21-30(29)40(11)35(46)48-38(8,9)10)47-26-19-27(36(2,3)4)32(43)28(20-26)37(5,6)7/h12-17,19-21,31,43H,18H2,1-11H3,(H,39,44,45). The number of carbonyl (C=O) groups is 4. The molecule has 268 valence electrons. The number of hydrogen-bond acceptors (Lipinski definition) is 9. The first-order chi connectivity index (χ1) is 23.0. The number of amides is 4. The minimum atomic E-state index is -0.790. The molecule has 1 atom stereocenters. The van der Waals surface area contributed by atoms with Crippen LogP contribution in [0.3, 0.4) is 0 Å². The molecule has 4 amide bonds. The molecule has 1 saturated heterocycles. The lowest BCUT2D eigenvalue weighted by Crippen LogP contribution is -2.37. The van der Waals surface area contributed by atoms with E-state index in [1.165, 1.54) is 18.9 Å². The van der Waals surface area contributed by atoms with Gasteiger partial charge in [0.2, 0.25) is 5.91 Å². The van der Waals surface area contributed by atoms with Gasteiger partial charge in [0, 0.05) is 31.2 Å². The number of imide groups is 1. The monoisotopic (exact) mass is 705 g/mol. The van der Waals surface area contributed by atoms with Crippen LogP contribution in [0.5, 0.6) is 23.0 Å². The summed E-state index contributed by atoms with van der Waals surface area (Å²) in [5.74, 6) is 0.606. The number of nitrogens with one attached hydrogen (secondary N) is 1. The summed E-state index contributed by atoms with van der Waals surface area (Å²) < 4.78 is 12.0. The number of benzene rings is 3. The van der Waals surface area contributed by atoms with Crippen molar-refractivity contribution in [3.05, 3.63) is 71.3 Å². The molecule has 1 heterocycles. The van der Waals surface area contributed by atoms with Crippen molar-refractivity contribution in [1.82, 2.24) is 5.32 Å². The smallest absolute Gasteiger partial charge is 0.414 e. The van der Waals surface area contributed by atoms with E-state index in [0.717, 1.165) is 33.5 Å². The van der Waals surface area contributed by atoms with Crippen molar-refractivity contribution in [2.75, 3.05) is 17.0 Å². The van der Waals surface area contributed by atoms with E-state index in [1.807, 2.05) is 41.5 Å². The third kappa shape index (κ3) is 9.29. The molecule has 11 nitrogen and oxygen atoms in total. The Morgan fingerprint density at radius 3 is 1.86 bits per heavy atom. The molecule has 0 aliphatic carbocycles. The zero-order valence-corrected chi connectivity index (χ0v) is 31.4. The van der Waals surface area contributed by atoms with E-state index in [9.17, 15) is 24.3 Å². The predicted molar refractivity (Wildman–Crippen MR) is 196 cm³/mol. The van der Waals surface area contributed by atoms with E-state index in [0.29, 0.717) is 23.7 Å². The molecule has 12 heteroatoms. The quantitative estimate of drug-likeness (QED) is 0.222. The third-order valence-electron chi connectivity index (χ3n) is 7.72. The number of anilines is 2. The number of thioether (sulfide) groups is 1. The van der Waals surface area contributed by atoms with E-state index >= 15 is 0 Å². The van der Waals surface area contributed by atoms with Crippen molar-refractivity contribution in [1.29, 1.82) is 0 Å². The molecule has 0 spiro atoms. The maximum absolute atomic E-state index is 13.3. The minimum absolute atomic E-state index is 0.221. The van der Waals surface area contributed by atoms with Gasteiger partial charge in [0.25, 0.3) is 11.1 Å². The van der Waals surface area contributed by atoms with Crippen LogP contribution in [-0.2, 0) is 31.6 Å². The zero-order valence-electron chi connectivity index (χ0n) is 30.6. The minimum Gasteiger partial charge on any atom is -0.507 e. The summed E-state index contributed by atoms with van der Waals surface area (Å²) in [6.07, 6.45) is -0.313. The summed E-state index contributed by atoms with van der Waals surface area (Å²) in [7, 11) is 1.53. The van der Waals surface area contributed by atoms with Gasteiger partial charge < -0.3 is 19.4 Å². The molecule has 0 saturated carbocycles. The lowest BCUT2D eigenvalue weighted by atomic mass is 9.79. The van der Waals surface area contributed by atoms with E-state index < -0.39 is 22.9 Å². The first-order valence-electron chi connectivity index (χ1n) is 16.3. The third-order valence-corrected chi connectivity index (χ3v) is 8.71. The van der Waals surface area contributed by atoms with Crippen LogP contribution in [0.4, 0.5) is 21.0 Å². The van der Waals surface area contributed by atoms with E-state index in [1.54, 1.807) is 75.4 Å². The van der Waals surface area contributed by atoms with Gasteiger partial charge in [-0.1, -0.05) is 65.4 Å². The molecule has 0 radical (unpaired) electrons. The highest BCUT2D eigenvalue weighted by Gasteiger charge is 2.32. The largest absolute Gasteiger partial charge is 0.507 e. The summed E-state index contributed by atoms with van der Waals surface area (Å²) in [4.78, 5) is 57.4. The average Bonchev–Trinajstić information content (AvgIpc) is 3.30. The molecule has 1 fully saturated rings. The van der Waals surface area contributed by atoms with Crippen molar-refractivity contribution in [2.45, 2.75) is 97.3 Å². The second-order valence-electron chi connectivity index (χ2n) is 15.3. The number of aromatic hydroxyl groups is 1. The van der Waals surface area contributed by atoms with Crippen LogP contribution >= 0.6 is 11.8 Å². The van der Waals surface area contributed by atoms with Crippen LogP contribution < -0.4 is 24.9 Å². The van der Waals surface area contributed by atoms with Crippen LogP contribution in [-0.4, -0.2) is 46.2 Å². The zero-order chi connectivity index (χ0) is 37.3. The molecule has 50 heavy (non-hydrogen) atoms. The van der Waals surface area contributed by atoms with Crippen LogP contribution in [0.25, 0.3) is 0 Å². The van der Waals surface area contributed by atoms with Crippen LogP contribution in [0.2, 0.25) is 0 Å². The van der Waals surface area contributed by atoms with Gasteiger partial charge in [-0.05, 0) is 80.0 Å². The van der Waals surface area contributed by atoms with Crippen molar-refractivity contribution < 1.29 is 38.6 Å². The second-order valence-corrected chi connectivity index (χ2v) is 16.5. The van der Waals surface area contributed by atoms with Gasteiger partial charge in [0.05, 0.1) is 10.9 Å². The highest BCUT2D eigenvalue weighted by atomic mass is 32.2. The first-order valence-corrected chi connectivity index (χ1v) is 17.2. The number of rotatable bonds is 8. The lowest BCUT2D eigenvalue weighted by Gasteiger charge is -2.30. The van der Waals surface area contributed by atoms with Gasteiger partial charge in [-0.3, -0.25) is 24.6 Å². The topological polar surface area (TPSA) is 135 Å². The SMILES string of the molecule is CC(=O)N(Oc1ccc(CC2SC(=O)NC2=O)cc1)c1ccc(Oc2cc(C(C)(C)C)c(O)c(C(C)(C)C)c2)cc1N(C)C(=O)OC(C)(C)C. The Labute approximate surface area is 298 Å². The van der Waals surface area contributed by atoms with Crippen molar-refractivity contribution in [3.63, 3.8) is 0 Å². The highest BCUT2D eigenvalue weighted by Crippen LogP contribution is 2.43. The maximum atomic E-state index is 13.3. The number of phenolic OH excluding ortho intramolecular Hbond substituents is 1. The summed E-state index contributed by atoms with van der Waals surface area (Å²) in [5.41, 5.74) is 1.22. The molecule has 3 aromatic carbocycles. The van der Waals surface area contributed by atoms with E-state index in [4.69, 9.17) is 14.3 Å².